The van der Waals surface area contributed by atoms with Gasteiger partial charge in [-0.3, -0.25) is 0 Å². The van der Waals surface area contributed by atoms with Crippen molar-refractivity contribution in [2.75, 3.05) is 0 Å². The van der Waals surface area contributed by atoms with Crippen molar-refractivity contribution in [1.29, 1.82) is 0 Å². The maximum atomic E-state index is 9.39. The number of aliphatic hydroxyl groups excluding tert-OH is 1. The highest BCUT2D eigenvalue weighted by molar-refractivity contribution is 5.24. The Morgan fingerprint density at radius 2 is 1.92 bits per heavy atom. The van der Waals surface area contributed by atoms with Gasteiger partial charge in [0.15, 0.2) is 0 Å². The molecular formula is C11H14O. The first-order valence-electron chi connectivity index (χ1n) is 4.11. The molecule has 0 amide bonds. The van der Waals surface area contributed by atoms with Crippen LogP contribution < -0.4 is 0 Å². The molecule has 1 aromatic carbocycles. The van der Waals surface area contributed by atoms with Crippen LogP contribution in [0, 0.1) is 0 Å². The SMILES string of the molecule is C=CC(c1ccccc1)C(C)O. The molecule has 0 saturated carbocycles. The first-order chi connectivity index (χ1) is 5.75. The molecule has 1 rings (SSSR count). The Balaban J connectivity index is 2.88. The summed E-state index contributed by atoms with van der Waals surface area (Å²) in [6.07, 6.45) is 1.41. The predicted octanol–water partition coefficient (Wildman–Crippen LogP) is 2.34. The van der Waals surface area contributed by atoms with Crippen molar-refractivity contribution < 1.29 is 5.11 Å². The summed E-state index contributed by atoms with van der Waals surface area (Å²) in [4.78, 5) is 0. The standard InChI is InChI=1S/C11H14O/c1-3-11(9(2)12)10-7-5-4-6-8-10/h3-9,11-12H,1H2,2H3. The number of hydrogen-bond acceptors (Lipinski definition) is 1. The smallest absolute Gasteiger partial charge is 0.0615 e. The zero-order valence-electron chi connectivity index (χ0n) is 7.27. The second kappa shape index (κ2) is 4.07. The minimum absolute atomic E-state index is 0.0474. The van der Waals surface area contributed by atoms with Crippen LogP contribution in [0.3, 0.4) is 0 Å². The normalized spacial score (nSPS) is 15.2. The molecule has 0 aliphatic carbocycles. The Bertz CT molecular complexity index is 238. The van der Waals surface area contributed by atoms with E-state index in [1.165, 1.54) is 0 Å². The van der Waals surface area contributed by atoms with E-state index in [4.69, 9.17) is 0 Å². The summed E-state index contributed by atoms with van der Waals surface area (Å²) in [5, 5.41) is 9.39. The lowest BCUT2D eigenvalue weighted by Crippen LogP contribution is -2.11. The molecule has 0 bridgehead atoms. The van der Waals surface area contributed by atoms with Crippen molar-refractivity contribution in [2.24, 2.45) is 0 Å². The van der Waals surface area contributed by atoms with Gasteiger partial charge in [0.2, 0.25) is 0 Å². The average Bonchev–Trinajstić information content (AvgIpc) is 2.07. The summed E-state index contributed by atoms with van der Waals surface area (Å²) in [5.41, 5.74) is 1.11. The van der Waals surface area contributed by atoms with E-state index in [1.54, 1.807) is 13.0 Å². The monoisotopic (exact) mass is 162 g/mol. The van der Waals surface area contributed by atoms with Gasteiger partial charge < -0.3 is 5.11 Å². The molecule has 1 aromatic rings. The van der Waals surface area contributed by atoms with Crippen LogP contribution in [0.25, 0.3) is 0 Å². The first kappa shape index (κ1) is 9.01. The third kappa shape index (κ3) is 1.95. The van der Waals surface area contributed by atoms with Crippen molar-refractivity contribution in [2.45, 2.75) is 18.9 Å². The van der Waals surface area contributed by atoms with Crippen molar-refractivity contribution >= 4 is 0 Å². The topological polar surface area (TPSA) is 20.2 Å². The number of aliphatic hydroxyl groups is 1. The molecule has 1 N–H and O–H groups in total. The van der Waals surface area contributed by atoms with Crippen LogP contribution in [0.15, 0.2) is 43.0 Å². The maximum absolute atomic E-state index is 9.39. The lowest BCUT2D eigenvalue weighted by Gasteiger charge is -2.15. The summed E-state index contributed by atoms with van der Waals surface area (Å²) >= 11 is 0. The van der Waals surface area contributed by atoms with Gasteiger partial charge in [0.05, 0.1) is 6.10 Å². The fourth-order valence-electron chi connectivity index (χ4n) is 1.29. The highest BCUT2D eigenvalue weighted by atomic mass is 16.3. The van der Waals surface area contributed by atoms with E-state index in [0.717, 1.165) is 5.56 Å². The highest BCUT2D eigenvalue weighted by Gasteiger charge is 2.11. The fraction of sp³-hybridized carbons (Fsp3) is 0.273. The van der Waals surface area contributed by atoms with E-state index in [0.29, 0.717) is 0 Å². The number of benzene rings is 1. The summed E-state index contributed by atoms with van der Waals surface area (Å²) in [7, 11) is 0. The highest BCUT2D eigenvalue weighted by Crippen LogP contribution is 2.19. The summed E-state index contributed by atoms with van der Waals surface area (Å²) < 4.78 is 0. The summed E-state index contributed by atoms with van der Waals surface area (Å²) in [6.45, 7) is 5.48. The van der Waals surface area contributed by atoms with Crippen LogP contribution >= 0.6 is 0 Å². The van der Waals surface area contributed by atoms with Crippen LogP contribution in [0.2, 0.25) is 0 Å². The van der Waals surface area contributed by atoms with Crippen molar-refractivity contribution in [3.05, 3.63) is 48.6 Å². The lowest BCUT2D eigenvalue weighted by molar-refractivity contribution is 0.179. The minimum atomic E-state index is -0.370. The first-order valence-corrected chi connectivity index (χ1v) is 4.11. The van der Waals surface area contributed by atoms with E-state index in [1.807, 2.05) is 30.3 Å². The van der Waals surface area contributed by atoms with Gasteiger partial charge >= 0.3 is 0 Å². The van der Waals surface area contributed by atoms with Gasteiger partial charge in [0.25, 0.3) is 0 Å². The van der Waals surface area contributed by atoms with E-state index in [2.05, 4.69) is 6.58 Å². The third-order valence-electron chi connectivity index (χ3n) is 1.96. The number of rotatable bonds is 3. The molecule has 64 valence electrons. The Labute approximate surface area is 73.4 Å². The number of hydrogen-bond donors (Lipinski definition) is 1. The van der Waals surface area contributed by atoms with E-state index < -0.39 is 0 Å². The van der Waals surface area contributed by atoms with Gasteiger partial charge in [0.1, 0.15) is 0 Å². The molecule has 12 heavy (non-hydrogen) atoms. The van der Waals surface area contributed by atoms with E-state index >= 15 is 0 Å². The Hall–Kier alpha value is -1.08. The molecule has 0 saturated heterocycles. The van der Waals surface area contributed by atoms with Gasteiger partial charge in [-0.05, 0) is 12.5 Å². The van der Waals surface area contributed by atoms with Crippen LogP contribution in [0.1, 0.15) is 18.4 Å². The van der Waals surface area contributed by atoms with Gasteiger partial charge in [-0.2, -0.15) is 0 Å². The Kier molecular flexibility index (Phi) is 3.06. The predicted molar refractivity (Wildman–Crippen MR) is 51.1 cm³/mol. The fourth-order valence-corrected chi connectivity index (χ4v) is 1.29. The molecule has 2 unspecified atom stereocenters. The second-order valence-corrected chi connectivity index (χ2v) is 2.91. The van der Waals surface area contributed by atoms with Crippen LogP contribution in [-0.2, 0) is 0 Å². The van der Waals surface area contributed by atoms with Gasteiger partial charge in [0, 0.05) is 5.92 Å². The van der Waals surface area contributed by atoms with Crippen molar-refractivity contribution in [3.8, 4) is 0 Å². The molecule has 0 aliphatic heterocycles. The quantitative estimate of drug-likeness (QED) is 0.676. The molecule has 0 radical (unpaired) electrons. The van der Waals surface area contributed by atoms with Crippen LogP contribution in [-0.4, -0.2) is 11.2 Å². The van der Waals surface area contributed by atoms with E-state index in [-0.39, 0.29) is 12.0 Å². The molecular weight excluding hydrogens is 148 g/mol. The zero-order chi connectivity index (χ0) is 8.97. The Morgan fingerprint density at radius 1 is 1.33 bits per heavy atom. The van der Waals surface area contributed by atoms with Gasteiger partial charge in [-0.1, -0.05) is 36.4 Å². The molecule has 0 heterocycles. The maximum Gasteiger partial charge on any atom is 0.0615 e. The summed E-state index contributed by atoms with van der Waals surface area (Å²) in [6, 6.07) is 9.90. The average molecular weight is 162 g/mol. The molecule has 1 heteroatoms. The largest absolute Gasteiger partial charge is 0.392 e. The lowest BCUT2D eigenvalue weighted by atomic mass is 9.95. The van der Waals surface area contributed by atoms with Gasteiger partial charge in [-0.15, -0.1) is 6.58 Å². The summed E-state index contributed by atoms with van der Waals surface area (Å²) in [5.74, 6) is 0.0474. The van der Waals surface area contributed by atoms with Crippen LogP contribution in [0.5, 0.6) is 0 Å². The van der Waals surface area contributed by atoms with E-state index in [9.17, 15) is 5.11 Å². The molecule has 0 aromatic heterocycles. The van der Waals surface area contributed by atoms with Crippen molar-refractivity contribution in [1.82, 2.24) is 0 Å². The molecule has 1 nitrogen and oxygen atoms in total. The molecule has 0 aliphatic rings. The third-order valence-corrected chi connectivity index (χ3v) is 1.96. The minimum Gasteiger partial charge on any atom is -0.392 e. The Morgan fingerprint density at radius 3 is 2.33 bits per heavy atom. The second-order valence-electron chi connectivity index (χ2n) is 2.91. The van der Waals surface area contributed by atoms with Gasteiger partial charge in [-0.25, -0.2) is 0 Å². The zero-order valence-corrected chi connectivity index (χ0v) is 7.27. The van der Waals surface area contributed by atoms with Crippen LogP contribution in [0.4, 0.5) is 0 Å². The molecule has 0 spiro atoms. The van der Waals surface area contributed by atoms with Crippen molar-refractivity contribution in [3.63, 3.8) is 0 Å². The molecule has 2 atom stereocenters. The molecule has 0 fully saturated rings.